The fraction of sp³-hybridized carbons (Fsp3) is 0.125. The number of hydrogen-bond acceptors (Lipinski definition) is 4. The van der Waals surface area contributed by atoms with Crippen molar-refractivity contribution >= 4 is 52.2 Å². The molecule has 32 heavy (non-hydrogen) atoms. The molecule has 6 nitrogen and oxygen atoms in total. The Morgan fingerprint density at radius 3 is 2.44 bits per heavy atom. The van der Waals surface area contributed by atoms with Gasteiger partial charge >= 0.3 is 0 Å². The van der Waals surface area contributed by atoms with E-state index in [4.69, 9.17) is 11.6 Å². The van der Waals surface area contributed by atoms with Gasteiger partial charge in [0.05, 0.1) is 4.91 Å². The van der Waals surface area contributed by atoms with Crippen LogP contribution in [0, 0.1) is 13.8 Å². The molecule has 0 atom stereocenters. The summed E-state index contributed by atoms with van der Waals surface area (Å²) in [6.45, 7) is 3.59. The van der Waals surface area contributed by atoms with Crippen molar-refractivity contribution in [3.63, 3.8) is 0 Å². The summed E-state index contributed by atoms with van der Waals surface area (Å²) in [7, 11) is 0. The Morgan fingerprint density at radius 1 is 1.06 bits per heavy atom. The highest BCUT2D eigenvalue weighted by Crippen LogP contribution is 2.33. The average molecular weight is 466 g/mol. The first-order valence-electron chi connectivity index (χ1n) is 9.88. The summed E-state index contributed by atoms with van der Waals surface area (Å²) in [5.74, 6) is -0.903. The van der Waals surface area contributed by atoms with Crippen LogP contribution in [0.5, 0.6) is 0 Å². The highest BCUT2D eigenvalue weighted by molar-refractivity contribution is 8.18. The molecular formula is C24H20ClN3O3S. The van der Waals surface area contributed by atoms with Crippen molar-refractivity contribution in [2.24, 2.45) is 0 Å². The van der Waals surface area contributed by atoms with Crippen LogP contribution in [0.2, 0.25) is 5.02 Å². The van der Waals surface area contributed by atoms with E-state index in [1.165, 1.54) is 0 Å². The number of hydrogen-bond donors (Lipinski definition) is 1. The van der Waals surface area contributed by atoms with Gasteiger partial charge in [0, 0.05) is 27.8 Å². The van der Waals surface area contributed by atoms with Crippen LogP contribution in [-0.2, 0) is 9.59 Å². The van der Waals surface area contributed by atoms with Crippen molar-refractivity contribution in [2.45, 2.75) is 13.8 Å². The lowest BCUT2D eigenvalue weighted by molar-refractivity contribution is -0.127. The number of carbonyl (C=O) groups excluding carboxylic acids is 3. The molecule has 1 aliphatic rings. The summed E-state index contributed by atoms with van der Waals surface area (Å²) < 4.78 is 2.06. The van der Waals surface area contributed by atoms with Crippen molar-refractivity contribution in [1.82, 2.24) is 9.47 Å². The molecule has 3 aromatic rings. The van der Waals surface area contributed by atoms with Crippen LogP contribution < -0.4 is 5.32 Å². The molecule has 3 amide bonds. The number of nitrogens with one attached hydrogen (secondary N) is 1. The lowest BCUT2D eigenvalue weighted by Gasteiger charge is -2.12. The second-order valence-corrected chi connectivity index (χ2v) is 8.75. The molecule has 2 heterocycles. The zero-order valence-electron chi connectivity index (χ0n) is 17.5. The third kappa shape index (κ3) is 4.49. The summed E-state index contributed by atoms with van der Waals surface area (Å²) in [4.78, 5) is 38.8. The monoisotopic (exact) mass is 465 g/mol. The van der Waals surface area contributed by atoms with E-state index in [9.17, 15) is 14.4 Å². The summed E-state index contributed by atoms with van der Waals surface area (Å²) >= 11 is 6.84. The highest BCUT2D eigenvalue weighted by atomic mass is 35.5. The third-order valence-electron chi connectivity index (χ3n) is 5.07. The van der Waals surface area contributed by atoms with Crippen LogP contribution in [-0.4, -0.2) is 33.1 Å². The number of carbonyl (C=O) groups is 3. The molecule has 4 rings (SSSR count). The zero-order valence-corrected chi connectivity index (χ0v) is 19.0. The van der Waals surface area contributed by atoms with Gasteiger partial charge < -0.3 is 9.88 Å². The molecule has 0 spiro atoms. The number of thioether (sulfide) groups is 1. The first kappa shape index (κ1) is 21.9. The Bertz CT molecular complexity index is 1230. The molecule has 162 valence electrons. The van der Waals surface area contributed by atoms with E-state index < -0.39 is 17.1 Å². The molecule has 0 bridgehead atoms. The molecule has 0 saturated carbocycles. The van der Waals surface area contributed by atoms with Crippen LogP contribution >= 0.6 is 23.4 Å². The Balaban J connectivity index is 1.53. The standard InChI is InChI=1S/C24H20ClN3O3S/c1-15-12-17(16(2)28(15)20-10-8-18(25)9-11-20)13-21-23(30)27(24(31)32-21)14-22(29)26-19-6-4-3-5-7-19/h3-13H,14H2,1-2H3,(H,26,29)/b21-13+. The number of benzene rings is 2. The first-order chi connectivity index (χ1) is 15.3. The van der Waals surface area contributed by atoms with Crippen molar-refractivity contribution in [3.8, 4) is 5.69 Å². The summed E-state index contributed by atoms with van der Waals surface area (Å²) in [5.41, 5.74) is 4.30. The van der Waals surface area contributed by atoms with Crippen molar-refractivity contribution in [3.05, 3.63) is 87.5 Å². The molecule has 0 radical (unpaired) electrons. The molecule has 1 saturated heterocycles. The van der Waals surface area contributed by atoms with E-state index in [0.717, 1.165) is 39.3 Å². The average Bonchev–Trinajstić information content (AvgIpc) is 3.19. The van der Waals surface area contributed by atoms with Crippen LogP contribution in [0.3, 0.4) is 0 Å². The summed E-state index contributed by atoms with van der Waals surface area (Å²) in [6.07, 6.45) is 1.70. The normalized spacial score (nSPS) is 15.0. The minimum absolute atomic E-state index is 0.291. The fourth-order valence-electron chi connectivity index (χ4n) is 3.56. The molecule has 1 aromatic heterocycles. The largest absolute Gasteiger partial charge is 0.325 e. The maximum absolute atomic E-state index is 12.8. The predicted octanol–water partition coefficient (Wildman–Crippen LogP) is 5.42. The number of aryl methyl sites for hydroxylation is 1. The van der Waals surface area contributed by atoms with Crippen molar-refractivity contribution in [1.29, 1.82) is 0 Å². The maximum atomic E-state index is 12.8. The fourth-order valence-corrected chi connectivity index (χ4v) is 4.52. The van der Waals surface area contributed by atoms with E-state index in [2.05, 4.69) is 9.88 Å². The number of nitrogens with zero attached hydrogens (tertiary/aromatic N) is 2. The predicted molar refractivity (Wildman–Crippen MR) is 128 cm³/mol. The number of amides is 3. The van der Waals surface area contributed by atoms with Crippen LogP contribution in [0.25, 0.3) is 11.8 Å². The quantitative estimate of drug-likeness (QED) is 0.510. The highest BCUT2D eigenvalue weighted by Gasteiger charge is 2.36. The second kappa shape index (κ2) is 9.06. The molecule has 0 unspecified atom stereocenters. The van der Waals surface area contributed by atoms with Gasteiger partial charge in [0.15, 0.2) is 0 Å². The van der Waals surface area contributed by atoms with Gasteiger partial charge in [0.1, 0.15) is 6.54 Å². The number of aromatic nitrogens is 1. The van der Waals surface area contributed by atoms with Gasteiger partial charge in [-0.3, -0.25) is 19.3 Å². The van der Waals surface area contributed by atoms with Gasteiger partial charge in [0.2, 0.25) is 5.91 Å². The number of anilines is 1. The second-order valence-electron chi connectivity index (χ2n) is 7.32. The van der Waals surface area contributed by atoms with Crippen LogP contribution in [0.4, 0.5) is 10.5 Å². The van der Waals surface area contributed by atoms with Gasteiger partial charge in [-0.05, 0) is 79.7 Å². The lowest BCUT2D eigenvalue weighted by Crippen LogP contribution is -2.36. The SMILES string of the molecule is Cc1cc(/C=C2/SC(=O)N(CC(=O)Nc3ccccc3)C2=O)c(C)n1-c1ccc(Cl)cc1. The van der Waals surface area contributed by atoms with Crippen molar-refractivity contribution < 1.29 is 14.4 Å². The van der Waals surface area contributed by atoms with E-state index in [1.807, 2.05) is 50.2 Å². The number of para-hydroxylation sites is 1. The Morgan fingerprint density at radius 2 is 1.75 bits per heavy atom. The molecule has 0 aliphatic carbocycles. The maximum Gasteiger partial charge on any atom is 0.294 e. The Labute approximate surface area is 194 Å². The van der Waals surface area contributed by atoms with E-state index >= 15 is 0 Å². The van der Waals surface area contributed by atoms with Gasteiger partial charge in [0.25, 0.3) is 11.1 Å². The Hall–Kier alpha value is -3.29. The molecule has 1 N–H and O–H groups in total. The van der Waals surface area contributed by atoms with Gasteiger partial charge in [-0.2, -0.15) is 0 Å². The third-order valence-corrected chi connectivity index (χ3v) is 6.23. The molecule has 8 heteroatoms. The zero-order chi connectivity index (χ0) is 22.8. The van der Waals surface area contributed by atoms with Crippen LogP contribution in [0.15, 0.2) is 65.6 Å². The van der Waals surface area contributed by atoms with E-state index in [0.29, 0.717) is 15.6 Å². The first-order valence-corrected chi connectivity index (χ1v) is 11.1. The van der Waals surface area contributed by atoms with Gasteiger partial charge in [-0.1, -0.05) is 29.8 Å². The van der Waals surface area contributed by atoms with Gasteiger partial charge in [-0.25, -0.2) is 0 Å². The topological polar surface area (TPSA) is 71.4 Å². The summed E-state index contributed by atoms with van der Waals surface area (Å²) in [6, 6.07) is 18.3. The minimum Gasteiger partial charge on any atom is -0.325 e. The molecular weight excluding hydrogens is 446 g/mol. The number of rotatable bonds is 5. The molecule has 2 aromatic carbocycles. The van der Waals surface area contributed by atoms with E-state index in [1.54, 1.807) is 30.3 Å². The van der Waals surface area contributed by atoms with E-state index in [-0.39, 0.29) is 6.54 Å². The molecule has 1 fully saturated rings. The Kier molecular flexibility index (Phi) is 6.21. The summed E-state index contributed by atoms with van der Waals surface area (Å²) in [5, 5.41) is 2.88. The van der Waals surface area contributed by atoms with Crippen LogP contribution in [0.1, 0.15) is 17.0 Å². The number of imide groups is 1. The lowest BCUT2D eigenvalue weighted by atomic mass is 10.2. The number of halogens is 1. The minimum atomic E-state index is -0.473. The smallest absolute Gasteiger partial charge is 0.294 e. The molecule has 1 aliphatic heterocycles. The van der Waals surface area contributed by atoms with Crippen molar-refractivity contribution in [2.75, 3.05) is 11.9 Å². The van der Waals surface area contributed by atoms with Gasteiger partial charge in [-0.15, -0.1) is 0 Å².